The Morgan fingerprint density at radius 3 is 2.14 bits per heavy atom. The number of hydrogen-bond donors (Lipinski definition) is 0. The van der Waals surface area contributed by atoms with Crippen LogP contribution in [-0.4, -0.2) is 24.5 Å². The fraction of sp³-hybridized carbons (Fsp3) is 0.333. The zero-order valence-electron chi connectivity index (χ0n) is 13.0. The van der Waals surface area contributed by atoms with Crippen molar-refractivity contribution in [3.8, 4) is 5.75 Å². The first-order valence-corrected chi connectivity index (χ1v) is 7.80. The fourth-order valence-electron chi connectivity index (χ4n) is 2.31. The largest absolute Gasteiger partial charge is 0.484 e. The van der Waals surface area contributed by atoms with Crippen molar-refractivity contribution in [2.24, 2.45) is 0 Å². The topological polar surface area (TPSA) is 12.5 Å². The SMILES string of the molecule is CCN(CC)CC(Oc1ccccc1)c1ccccc1Cl.Cl. The second-order valence-corrected chi connectivity index (χ2v) is 5.33. The number of rotatable bonds is 7. The predicted molar refractivity (Wildman–Crippen MR) is 96.3 cm³/mol. The number of halogens is 2. The number of hydrogen-bond acceptors (Lipinski definition) is 2. The zero-order chi connectivity index (χ0) is 15.1. The van der Waals surface area contributed by atoms with Gasteiger partial charge in [0.05, 0.1) is 0 Å². The molecule has 2 aromatic carbocycles. The van der Waals surface area contributed by atoms with Gasteiger partial charge in [-0.1, -0.05) is 61.8 Å². The van der Waals surface area contributed by atoms with Gasteiger partial charge in [-0.3, -0.25) is 4.90 Å². The Balaban J connectivity index is 0.00000242. The van der Waals surface area contributed by atoms with Crippen molar-refractivity contribution in [1.29, 1.82) is 0 Å². The summed E-state index contributed by atoms with van der Waals surface area (Å²) in [7, 11) is 0. The lowest BCUT2D eigenvalue weighted by Crippen LogP contribution is -2.30. The highest BCUT2D eigenvalue weighted by molar-refractivity contribution is 6.31. The second-order valence-electron chi connectivity index (χ2n) is 4.93. The normalized spacial score (nSPS) is 11.8. The molecule has 0 fully saturated rings. The van der Waals surface area contributed by atoms with E-state index in [1.54, 1.807) is 0 Å². The minimum Gasteiger partial charge on any atom is -0.484 e. The van der Waals surface area contributed by atoms with Crippen molar-refractivity contribution in [2.45, 2.75) is 20.0 Å². The second kappa shape index (κ2) is 9.73. The van der Waals surface area contributed by atoms with Crippen molar-refractivity contribution in [1.82, 2.24) is 4.90 Å². The van der Waals surface area contributed by atoms with Crippen LogP contribution in [0.5, 0.6) is 5.75 Å². The molecule has 2 rings (SSSR count). The summed E-state index contributed by atoms with van der Waals surface area (Å²) in [6.07, 6.45) is -0.0685. The standard InChI is InChI=1S/C18H22ClNO.ClH/c1-3-20(4-2)14-18(16-12-8-9-13-17(16)19)21-15-10-6-5-7-11-15;/h5-13,18H,3-4,14H2,1-2H3;1H. The highest BCUT2D eigenvalue weighted by Gasteiger charge is 2.19. The Morgan fingerprint density at radius 2 is 1.55 bits per heavy atom. The molecule has 0 radical (unpaired) electrons. The van der Waals surface area contributed by atoms with Crippen LogP contribution in [0.2, 0.25) is 5.02 Å². The third kappa shape index (κ3) is 5.20. The number of nitrogens with zero attached hydrogens (tertiary/aromatic N) is 1. The molecule has 0 bridgehead atoms. The summed E-state index contributed by atoms with van der Waals surface area (Å²) < 4.78 is 6.19. The molecule has 22 heavy (non-hydrogen) atoms. The quantitative estimate of drug-likeness (QED) is 0.685. The maximum atomic E-state index is 6.36. The van der Waals surface area contributed by atoms with E-state index in [1.807, 2.05) is 54.6 Å². The molecule has 0 spiro atoms. The maximum absolute atomic E-state index is 6.36. The van der Waals surface area contributed by atoms with Gasteiger partial charge in [0.15, 0.2) is 0 Å². The molecule has 2 aromatic rings. The van der Waals surface area contributed by atoms with Crippen LogP contribution in [-0.2, 0) is 0 Å². The molecular formula is C18H23Cl2NO. The summed E-state index contributed by atoms with van der Waals surface area (Å²) in [6, 6.07) is 17.8. The van der Waals surface area contributed by atoms with E-state index < -0.39 is 0 Å². The molecule has 0 N–H and O–H groups in total. The third-order valence-electron chi connectivity index (χ3n) is 3.59. The predicted octanol–water partition coefficient (Wildman–Crippen LogP) is 5.22. The van der Waals surface area contributed by atoms with E-state index in [-0.39, 0.29) is 18.5 Å². The third-order valence-corrected chi connectivity index (χ3v) is 3.94. The van der Waals surface area contributed by atoms with Crippen molar-refractivity contribution in [3.05, 3.63) is 65.2 Å². The molecule has 0 saturated heterocycles. The van der Waals surface area contributed by atoms with Crippen LogP contribution in [0, 0.1) is 0 Å². The van der Waals surface area contributed by atoms with Crippen LogP contribution >= 0.6 is 24.0 Å². The lowest BCUT2D eigenvalue weighted by atomic mass is 10.1. The summed E-state index contributed by atoms with van der Waals surface area (Å²) >= 11 is 6.36. The van der Waals surface area contributed by atoms with Crippen molar-refractivity contribution in [2.75, 3.05) is 19.6 Å². The van der Waals surface area contributed by atoms with Gasteiger partial charge in [-0.2, -0.15) is 0 Å². The smallest absolute Gasteiger partial charge is 0.138 e. The molecule has 0 aliphatic carbocycles. The Bertz CT molecular complexity index is 544. The van der Waals surface area contributed by atoms with E-state index >= 15 is 0 Å². The molecule has 2 nitrogen and oxygen atoms in total. The molecule has 1 atom stereocenters. The summed E-state index contributed by atoms with van der Waals surface area (Å²) in [6.45, 7) is 7.14. The lowest BCUT2D eigenvalue weighted by molar-refractivity contribution is 0.140. The molecule has 0 aromatic heterocycles. The highest BCUT2D eigenvalue weighted by Crippen LogP contribution is 2.28. The Hall–Kier alpha value is -1.22. The van der Waals surface area contributed by atoms with Crippen molar-refractivity contribution in [3.63, 3.8) is 0 Å². The van der Waals surface area contributed by atoms with Crippen LogP contribution in [0.15, 0.2) is 54.6 Å². The Kier molecular flexibility index (Phi) is 8.32. The molecule has 0 aliphatic heterocycles. The van der Waals surface area contributed by atoms with Gasteiger partial charge in [0, 0.05) is 17.1 Å². The van der Waals surface area contributed by atoms with Crippen LogP contribution in [0.1, 0.15) is 25.5 Å². The van der Waals surface area contributed by atoms with Crippen LogP contribution in [0.4, 0.5) is 0 Å². The average Bonchev–Trinajstić information content (AvgIpc) is 2.53. The maximum Gasteiger partial charge on any atom is 0.138 e. The van der Waals surface area contributed by atoms with E-state index in [9.17, 15) is 0 Å². The Labute approximate surface area is 144 Å². The van der Waals surface area contributed by atoms with Gasteiger partial charge in [-0.05, 0) is 31.3 Å². The summed E-state index contributed by atoms with van der Waals surface area (Å²) in [5.74, 6) is 0.870. The molecule has 0 aliphatic rings. The van der Waals surface area contributed by atoms with Crippen molar-refractivity contribution < 1.29 is 4.74 Å². The fourth-order valence-corrected chi connectivity index (χ4v) is 2.57. The van der Waals surface area contributed by atoms with E-state index in [0.29, 0.717) is 0 Å². The van der Waals surface area contributed by atoms with Gasteiger partial charge in [-0.15, -0.1) is 12.4 Å². The van der Waals surface area contributed by atoms with Gasteiger partial charge < -0.3 is 4.74 Å². The zero-order valence-corrected chi connectivity index (χ0v) is 14.6. The first-order valence-electron chi connectivity index (χ1n) is 7.43. The van der Waals surface area contributed by atoms with Crippen molar-refractivity contribution >= 4 is 24.0 Å². The van der Waals surface area contributed by atoms with Gasteiger partial charge in [0.25, 0.3) is 0 Å². The highest BCUT2D eigenvalue weighted by atomic mass is 35.5. The van der Waals surface area contributed by atoms with Gasteiger partial charge in [0.1, 0.15) is 11.9 Å². The average molecular weight is 340 g/mol. The van der Waals surface area contributed by atoms with Crippen LogP contribution in [0.25, 0.3) is 0 Å². The lowest BCUT2D eigenvalue weighted by Gasteiger charge is -2.27. The van der Waals surface area contributed by atoms with E-state index in [2.05, 4.69) is 18.7 Å². The van der Waals surface area contributed by atoms with Crippen LogP contribution in [0.3, 0.4) is 0 Å². The molecule has 4 heteroatoms. The molecule has 0 saturated carbocycles. The molecule has 120 valence electrons. The number of likely N-dealkylation sites (N-methyl/N-ethyl adjacent to an activating group) is 1. The minimum atomic E-state index is -0.0685. The molecule has 1 unspecified atom stereocenters. The van der Waals surface area contributed by atoms with Gasteiger partial charge in [0.2, 0.25) is 0 Å². The van der Waals surface area contributed by atoms with E-state index in [4.69, 9.17) is 16.3 Å². The number of benzene rings is 2. The van der Waals surface area contributed by atoms with Crippen LogP contribution < -0.4 is 4.74 Å². The van der Waals surface area contributed by atoms with Gasteiger partial charge >= 0.3 is 0 Å². The first-order chi connectivity index (χ1) is 10.2. The molecule has 0 amide bonds. The van der Waals surface area contributed by atoms with E-state index in [1.165, 1.54) is 0 Å². The molecule has 0 heterocycles. The summed E-state index contributed by atoms with van der Waals surface area (Å²) in [5, 5.41) is 0.755. The number of para-hydroxylation sites is 1. The first kappa shape index (κ1) is 18.8. The summed E-state index contributed by atoms with van der Waals surface area (Å²) in [5.41, 5.74) is 1.04. The molecular weight excluding hydrogens is 317 g/mol. The number of ether oxygens (including phenoxy) is 1. The summed E-state index contributed by atoms with van der Waals surface area (Å²) in [4.78, 5) is 2.34. The van der Waals surface area contributed by atoms with Gasteiger partial charge in [-0.25, -0.2) is 0 Å². The minimum absolute atomic E-state index is 0. The monoisotopic (exact) mass is 339 g/mol. The Morgan fingerprint density at radius 1 is 0.955 bits per heavy atom. The van der Waals surface area contributed by atoms with E-state index in [0.717, 1.165) is 36.0 Å².